The molecule has 2 N–H and O–H groups in total. The second kappa shape index (κ2) is 11.2. The fourth-order valence-corrected chi connectivity index (χ4v) is 4.14. The fraction of sp³-hybridized carbons (Fsp3) is 0.250. The molecule has 0 aliphatic carbocycles. The lowest BCUT2D eigenvalue weighted by atomic mass is 10.1. The molecule has 0 unspecified atom stereocenters. The summed E-state index contributed by atoms with van der Waals surface area (Å²) in [5, 5.41) is 7.27. The second-order valence-corrected chi connectivity index (χ2v) is 8.78. The number of halogens is 1. The van der Waals surface area contributed by atoms with Crippen molar-refractivity contribution in [1.29, 1.82) is 0 Å². The van der Waals surface area contributed by atoms with Crippen LogP contribution >= 0.6 is 23.8 Å². The molecular formula is C24H25ClN8OS. The minimum absolute atomic E-state index is 0.413. The lowest BCUT2D eigenvalue weighted by molar-refractivity contribution is 0.112. The van der Waals surface area contributed by atoms with Crippen LogP contribution in [0.25, 0.3) is 6.08 Å². The monoisotopic (exact) mass is 508 g/mol. The van der Waals surface area contributed by atoms with Crippen LogP contribution in [0, 0.1) is 13.8 Å². The minimum atomic E-state index is 0.413. The molecule has 3 heterocycles. The van der Waals surface area contributed by atoms with E-state index in [0.29, 0.717) is 33.3 Å². The van der Waals surface area contributed by atoms with E-state index in [1.54, 1.807) is 6.20 Å². The maximum absolute atomic E-state index is 10.8. The highest BCUT2D eigenvalue weighted by atomic mass is 35.5. The highest BCUT2D eigenvalue weighted by Gasteiger charge is 2.21. The van der Waals surface area contributed by atoms with Gasteiger partial charge in [0.05, 0.1) is 5.56 Å². The van der Waals surface area contributed by atoms with Gasteiger partial charge in [-0.1, -0.05) is 23.7 Å². The predicted octanol–water partition coefficient (Wildman–Crippen LogP) is 3.63. The predicted molar refractivity (Wildman–Crippen MR) is 143 cm³/mol. The summed E-state index contributed by atoms with van der Waals surface area (Å²) in [6, 6.07) is 7.66. The molecular weight excluding hydrogens is 484 g/mol. The Bertz CT molecular complexity index is 1220. The lowest BCUT2D eigenvalue weighted by Gasteiger charge is -2.35. The zero-order valence-electron chi connectivity index (χ0n) is 19.4. The van der Waals surface area contributed by atoms with Crippen LogP contribution in [0.2, 0.25) is 5.02 Å². The third-order valence-corrected chi connectivity index (χ3v) is 6.03. The van der Waals surface area contributed by atoms with E-state index in [9.17, 15) is 4.79 Å². The summed E-state index contributed by atoms with van der Waals surface area (Å²) in [4.78, 5) is 32.7. The van der Waals surface area contributed by atoms with Gasteiger partial charge in [-0.25, -0.2) is 19.9 Å². The molecule has 4 rings (SSSR count). The van der Waals surface area contributed by atoms with Crippen molar-refractivity contribution in [2.45, 2.75) is 13.8 Å². The summed E-state index contributed by atoms with van der Waals surface area (Å²) in [6.45, 7) is 6.82. The lowest BCUT2D eigenvalue weighted by Crippen LogP contribution is -2.47. The second-order valence-electron chi connectivity index (χ2n) is 7.97. The van der Waals surface area contributed by atoms with Gasteiger partial charge in [-0.15, -0.1) is 0 Å². The number of aromatic nitrogens is 4. The van der Waals surface area contributed by atoms with Gasteiger partial charge in [0.15, 0.2) is 11.4 Å². The van der Waals surface area contributed by atoms with Crippen LogP contribution in [0.15, 0.2) is 42.9 Å². The number of rotatable bonds is 6. The highest BCUT2D eigenvalue weighted by Crippen LogP contribution is 2.21. The third kappa shape index (κ3) is 6.28. The van der Waals surface area contributed by atoms with Crippen molar-refractivity contribution in [1.82, 2.24) is 25.3 Å². The molecule has 0 radical (unpaired) electrons. The summed E-state index contributed by atoms with van der Waals surface area (Å²) in [5.41, 5.74) is 2.48. The van der Waals surface area contributed by atoms with Gasteiger partial charge in [-0.3, -0.25) is 4.79 Å². The molecule has 3 aromatic rings. The minimum Gasteiger partial charge on any atom is -0.353 e. The quantitative estimate of drug-likeness (QED) is 0.379. The number of aryl methyl sites for hydroxylation is 2. The molecule has 1 aliphatic heterocycles. The topological polar surface area (TPSA) is 99.2 Å². The van der Waals surface area contributed by atoms with Gasteiger partial charge >= 0.3 is 0 Å². The zero-order chi connectivity index (χ0) is 24.8. The highest BCUT2D eigenvalue weighted by molar-refractivity contribution is 7.80. The first-order chi connectivity index (χ1) is 16.9. The van der Waals surface area contributed by atoms with Gasteiger partial charge in [0.25, 0.3) is 0 Å². The fourth-order valence-electron chi connectivity index (χ4n) is 3.68. The van der Waals surface area contributed by atoms with Gasteiger partial charge < -0.3 is 20.4 Å². The molecule has 0 spiro atoms. The van der Waals surface area contributed by atoms with E-state index in [1.165, 1.54) is 12.4 Å². The van der Waals surface area contributed by atoms with Crippen molar-refractivity contribution >= 4 is 58.9 Å². The molecule has 0 amide bonds. The van der Waals surface area contributed by atoms with Crippen molar-refractivity contribution in [3.05, 3.63) is 70.4 Å². The molecule has 1 aliphatic rings. The van der Waals surface area contributed by atoms with E-state index >= 15 is 0 Å². The number of thiocarbonyl (C=S) groups is 1. The first kappa shape index (κ1) is 24.5. The molecule has 0 atom stereocenters. The maximum Gasteiger partial charge on any atom is 0.225 e. The molecule has 1 fully saturated rings. The van der Waals surface area contributed by atoms with Gasteiger partial charge in [0.2, 0.25) is 5.95 Å². The van der Waals surface area contributed by atoms with Crippen LogP contribution in [-0.4, -0.2) is 57.5 Å². The summed E-state index contributed by atoms with van der Waals surface area (Å²) >= 11 is 11.7. The Kier molecular flexibility index (Phi) is 7.84. The Morgan fingerprint density at radius 2 is 1.80 bits per heavy atom. The van der Waals surface area contributed by atoms with Gasteiger partial charge in [0, 0.05) is 55.9 Å². The number of nitrogens with one attached hydrogen (secondary N) is 2. The summed E-state index contributed by atoms with van der Waals surface area (Å²) < 4.78 is 0. The van der Waals surface area contributed by atoms with Crippen LogP contribution < -0.4 is 20.4 Å². The number of carbonyl (C=O) groups is 1. The van der Waals surface area contributed by atoms with Gasteiger partial charge in [0.1, 0.15) is 17.5 Å². The van der Waals surface area contributed by atoms with E-state index in [2.05, 4.69) is 40.4 Å². The number of hydrogen-bond donors (Lipinski definition) is 2. The molecule has 2 aromatic heterocycles. The average Bonchev–Trinajstić information content (AvgIpc) is 2.85. The number of piperazine rings is 1. The van der Waals surface area contributed by atoms with Gasteiger partial charge in [-0.2, -0.15) is 0 Å². The SMILES string of the molecule is Cc1nc(NC(=S)N/C=C/c2c(C)cccc2Cl)cc(N2CCN(c3ncc(C=O)cn3)CC2)n1. The normalized spacial score (nSPS) is 13.7. The number of nitrogens with zero attached hydrogens (tertiary/aromatic N) is 6. The van der Waals surface area contributed by atoms with Crippen LogP contribution in [0.5, 0.6) is 0 Å². The number of anilines is 3. The van der Waals surface area contributed by atoms with Crippen LogP contribution in [-0.2, 0) is 0 Å². The van der Waals surface area contributed by atoms with E-state index < -0.39 is 0 Å². The van der Waals surface area contributed by atoms with Crippen molar-refractivity contribution in [3.8, 4) is 0 Å². The molecule has 0 bridgehead atoms. The van der Waals surface area contributed by atoms with E-state index in [0.717, 1.165) is 49.4 Å². The van der Waals surface area contributed by atoms with Gasteiger partial charge in [-0.05, 0) is 49.3 Å². The zero-order valence-corrected chi connectivity index (χ0v) is 21.0. The largest absolute Gasteiger partial charge is 0.353 e. The number of carbonyl (C=O) groups excluding carboxylic acids is 1. The summed E-state index contributed by atoms with van der Waals surface area (Å²) in [6.07, 6.45) is 7.45. The first-order valence-corrected chi connectivity index (χ1v) is 11.8. The molecule has 35 heavy (non-hydrogen) atoms. The molecule has 9 nitrogen and oxygen atoms in total. The maximum atomic E-state index is 10.8. The Hall–Kier alpha value is -3.63. The molecule has 180 valence electrons. The van der Waals surface area contributed by atoms with Crippen molar-refractivity contribution in [2.24, 2.45) is 0 Å². The Morgan fingerprint density at radius 1 is 1.09 bits per heavy atom. The van der Waals surface area contributed by atoms with Crippen molar-refractivity contribution < 1.29 is 4.79 Å². The van der Waals surface area contributed by atoms with E-state index in [-0.39, 0.29) is 0 Å². The average molecular weight is 509 g/mol. The van der Waals surface area contributed by atoms with Crippen LogP contribution in [0.3, 0.4) is 0 Å². The Morgan fingerprint density at radius 3 is 2.49 bits per heavy atom. The number of hydrogen-bond acceptors (Lipinski definition) is 8. The van der Waals surface area contributed by atoms with Crippen LogP contribution in [0.1, 0.15) is 27.3 Å². The van der Waals surface area contributed by atoms with Crippen molar-refractivity contribution in [3.63, 3.8) is 0 Å². The first-order valence-electron chi connectivity index (χ1n) is 11.0. The third-order valence-electron chi connectivity index (χ3n) is 5.48. The summed E-state index contributed by atoms with van der Waals surface area (Å²) in [5.74, 6) is 2.70. The number of aldehydes is 1. The summed E-state index contributed by atoms with van der Waals surface area (Å²) in [7, 11) is 0. The molecule has 1 saturated heterocycles. The smallest absolute Gasteiger partial charge is 0.225 e. The number of benzene rings is 1. The van der Waals surface area contributed by atoms with Crippen LogP contribution in [0.4, 0.5) is 17.6 Å². The Labute approximate surface area is 214 Å². The van der Waals surface area contributed by atoms with E-state index in [1.807, 2.05) is 44.2 Å². The Balaban J connectivity index is 1.36. The molecule has 1 aromatic carbocycles. The van der Waals surface area contributed by atoms with E-state index in [4.69, 9.17) is 23.8 Å². The van der Waals surface area contributed by atoms with Crippen molar-refractivity contribution in [2.75, 3.05) is 41.3 Å². The standard InChI is InChI=1S/C24H25ClN8OS/c1-16-4-3-5-20(25)19(16)6-7-26-24(35)31-21-12-22(30-17(2)29-21)32-8-10-33(11-9-32)23-27-13-18(15-34)14-28-23/h3-7,12-15H,8-11H2,1-2H3,(H2,26,29,30,31,35)/b7-6+. The molecule has 11 heteroatoms. The molecule has 0 saturated carbocycles.